The molecule has 1 aliphatic rings. The van der Waals surface area contributed by atoms with E-state index >= 15 is 0 Å². The van der Waals surface area contributed by atoms with Gasteiger partial charge in [-0.05, 0) is 35.4 Å². The van der Waals surface area contributed by atoms with Gasteiger partial charge in [0.1, 0.15) is 6.10 Å². The highest BCUT2D eigenvalue weighted by atomic mass is 35.5. The molecule has 0 saturated carbocycles. The Balaban J connectivity index is 1.83. The summed E-state index contributed by atoms with van der Waals surface area (Å²) in [5, 5.41) is 11.1. The van der Waals surface area contributed by atoms with Crippen molar-refractivity contribution < 1.29 is 9.84 Å². The molecule has 5 heteroatoms. The predicted octanol–water partition coefficient (Wildman–Crippen LogP) is 2.84. The first-order chi connectivity index (χ1) is 10.6. The molecule has 22 heavy (non-hydrogen) atoms. The van der Waals surface area contributed by atoms with Crippen LogP contribution in [0.15, 0.2) is 42.5 Å². The van der Waals surface area contributed by atoms with Crippen molar-refractivity contribution in [2.24, 2.45) is 0 Å². The molecule has 0 aromatic heterocycles. The molecule has 0 radical (unpaired) electrons. The Morgan fingerprint density at radius 1 is 1.05 bits per heavy atom. The van der Waals surface area contributed by atoms with Crippen LogP contribution in [0.5, 0.6) is 0 Å². The normalized spacial score (nSPS) is 16.5. The summed E-state index contributed by atoms with van der Waals surface area (Å²) in [4.78, 5) is 2.21. The van der Waals surface area contributed by atoms with Gasteiger partial charge in [-0.1, -0.05) is 29.8 Å². The number of morpholine rings is 1. The average Bonchev–Trinajstić information content (AvgIpc) is 2.55. The Morgan fingerprint density at radius 2 is 1.68 bits per heavy atom. The molecule has 0 amide bonds. The van der Waals surface area contributed by atoms with E-state index < -0.39 is 6.10 Å². The lowest BCUT2D eigenvalue weighted by Gasteiger charge is -2.30. The van der Waals surface area contributed by atoms with E-state index in [0.29, 0.717) is 23.9 Å². The van der Waals surface area contributed by atoms with Crippen LogP contribution in [0.2, 0.25) is 5.02 Å². The summed E-state index contributed by atoms with van der Waals surface area (Å²) in [5.74, 6) is 0. The van der Waals surface area contributed by atoms with Gasteiger partial charge in [-0.2, -0.15) is 0 Å². The second-order valence-corrected chi connectivity index (χ2v) is 5.81. The average molecular weight is 319 g/mol. The van der Waals surface area contributed by atoms with Crippen molar-refractivity contribution in [2.75, 3.05) is 36.9 Å². The van der Waals surface area contributed by atoms with Crippen molar-refractivity contribution in [1.29, 1.82) is 0 Å². The maximum Gasteiger partial charge on any atom is 0.104 e. The highest BCUT2D eigenvalue weighted by molar-refractivity contribution is 6.30. The minimum absolute atomic E-state index is 0.651. The highest BCUT2D eigenvalue weighted by Crippen LogP contribution is 2.30. The van der Waals surface area contributed by atoms with Crippen LogP contribution in [0.3, 0.4) is 0 Å². The zero-order valence-electron chi connectivity index (χ0n) is 12.2. The van der Waals surface area contributed by atoms with Crippen LogP contribution in [-0.2, 0) is 4.74 Å². The number of anilines is 2. The summed E-state index contributed by atoms with van der Waals surface area (Å²) in [6.07, 6.45) is -0.710. The third kappa shape index (κ3) is 3.19. The van der Waals surface area contributed by atoms with Crippen LogP contribution in [0.1, 0.15) is 17.2 Å². The Labute approximate surface area is 135 Å². The summed E-state index contributed by atoms with van der Waals surface area (Å²) >= 11 is 5.88. The lowest BCUT2D eigenvalue weighted by Crippen LogP contribution is -2.36. The summed E-state index contributed by atoms with van der Waals surface area (Å²) in [6.45, 7) is 3.11. The number of nitrogens with two attached hydrogens (primary N) is 1. The number of aliphatic hydroxyl groups is 1. The first-order valence-electron chi connectivity index (χ1n) is 7.31. The SMILES string of the molecule is Nc1cc([C@H](O)c2ccc(Cl)cc2)ccc1N1CCOCC1. The highest BCUT2D eigenvalue weighted by Gasteiger charge is 2.16. The van der Waals surface area contributed by atoms with E-state index in [0.717, 1.165) is 29.9 Å². The minimum atomic E-state index is -0.710. The number of nitrogens with zero attached hydrogens (tertiary/aromatic N) is 1. The molecule has 116 valence electrons. The smallest absolute Gasteiger partial charge is 0.104 e. The Kier molecular flexibility index (Phi) is 4.52. The molecule has 0 unspecified atom stereocenters. The predicted molar refractivity (Wildman–Crippen MR) is 89.4 cm³/mol. The van der Waals surface area contributed by atoms with Crippen LogP contribution in [-0.4, -0.2) is 31.4 Å². The van der Waals surface area contributed by atoms with E-state index in [1.165, 1.54) is 0 Å². The van der Waals surface area contributed by atoms with E-state index in [1.807, 2.05) is 30.3 Å². The van der Waals surface area contributed by atoms with E-state index in [4.69, 9.17) is 22.1 Å². The van der Waals surface area contributed by atoms with E-state index in [1.54, 1.807) is 12.1 Å². The van der Waals surface area contributed by atoms with Gasteiger partial charge in [0, 0.05) is 18.1 Å². The second kappa shape index (κ2) is 6.57. The van der Waals surface area contributed by atoms with Crippen molar-refractivity contribution in [1.82, 2.24) is 0 Å². The van der Waals surface area contributed by atoms with Gasteiger partial charge in [0.05, 0.1) is 24.6 Å². The fraction of sp³-hybridized carbons (Fsp3) is 0.294. The maximum absolute atomic E-state index is 10.5. The number of aliphatic hydroxyl groups excluding tert-OH is 1. The first-order valence-corrected chi connectivity index (χ1v) is 7.68. The van der Waals surface area contributed by atoms with E-state index in [2.05, 4.69) is 4.90 Å². The van der Waals surface area contributed by atoms with Gasteiger partial charge < -0.3 is 20.5 Å². The number of halogens is 1. The van der Waals surface area contributed by atoms with Gasteiger partial charge in [-0.3, -0.25) is 0 Å². The lowest BCUT2D eigenvalue weighted by atomic mass is 10.0. The maximum atomic E-state index is 10.5. The molecule has 2 aromatic carbocycles. The van der Waals surface area contributed by atoms with Gasteiger partial charge in [-0.25, -0.2) is 0 Å². The van der Waals surface area contributed by atoms with Crippen molar-refractivity contribution in [3.63, 3.8) is 0 Å². The minimum Gasteiger partial charge on any atom is -0.397 e. The van der Waals surface area contributed by atoms with Gasteiger partial charge in [0.25, 0.3) is 0 Å². The molecule has 1 atom stereocenters. The van der Waals surface area contributed by atoms with Crippen LogP contribution in [0.25, 0.3) is 0 Å². The third-order valence-corrected chi connectivity index (χ3v) is 4.16. The molecule has 0 bridgehead atoms. The van der Waals surface area contributed by atoms with Crippen molar-refractivity contribution in [3.05, 3.63) is 58.6 Å². The van der Waals surface area contributed by atoms with Gasteiger partial charge in [0.2, 0.25) is 0 Å². The van der Waals surface area contributed by atoms with E-state index in [-0.39, 0.29) is 0 Å². The monoisotopic (exact) mass is 318 g/mol. The Bertz CT molecular complexity index is 640. The number of hydrogen-bond donors (Lipinski definition) is 2. The summed E-state index contributed by atoms with van der Waals surface area (Å²) < 4.78 is 5.36. The molecule has 1 heterocycles. The van der Waals surface area contributed by atoms with Crippen LogP contribution < -0.4 is 10.6 Å². The van der Waals surface area contributed by atoms with Gasteiger partial charge in [0.15, 0.2) is 0 Å². The lowest BCUT2D eigenvalue weighted by molar-refractivity contribution is 0.123. The molecule has 0 aliphatic carbocycles. The number of nitrogen functional groups attached to an aromatic ring is 1. The van der Waals surface area contributed by atoms with E-state index in [9.17, 15) is 5.11 Å². The number of rotatable bonds is 3. The Hall–Kier alpha value is -1.75. The largest absolute Gasteiger partial charge is 0.397 e. The van der Waals surface area contributed by atoms with Crippen molar-refractivity contribution in [3.8, 4) is 0 Å². The van der Waals surface area contributed by atoms with Gasteiger partial charge in [-0.15, -0.1) is 0 Å². The number of hydrogen-bond acceptors (Lipinski definition) is 4. The Morgan fingerprint density at radius 3 is 2.32 bits per heavy atom. The fourth-order valence-corrected chi connectivity index (χ4v) is 2.80. The molecule has 2 aromatic rings. The molecule has 1 aliphatic heterocycles. The molecule has 4 nitrogen and oxygen atoms in total. The van der Waals surface area contributed by atoms with Crippen LogP contribution in [0.4, 0.5) is 11.4 Å². The van der Waals surface area contributed by atoms with Crippen molar-refractivity contribution in [2.45, 2.75) is 6.10 Å². The molecular weight excluding hydrogens is 300 g/mol. The zero-order valence-corrected chi connectivity index (χ0v) is 13.0. The molecule has 3 rings (SSSR count). The molecule has 1 saturated heterocycles. The third-order valence-electron chi connectivity index (χ3n) is 3.90. The fourth-order valence-electron chi connectivity index (χ4n) is 2.67. The number of ether oxygens (including phenoxy) is 1. The second-order valence-electron chi connectivity index (χ2n) is 5.37. The number of benzene rings is 2. The summed E-state index contributed by atoms with van der Waals surface area (Å²) in [6, 6.07) is 12.9. The standard InChI is InChI=1S/C17H19ClN2O2/c18-14-4-1-12(2-5-14)17(21)13-3-6-16(15(19)11-13)20-7-9-22-10-8-20/h1-6,11,17,21H,7-10,19H2/t17-/m1/s1. The first kappa shape index (κ1) is 15.2. The molecule has 0 spiro atoms. The topological polar surface area (TPSA) is 58.7 Å². The quantitative estimate of drug-likeness (QED) is 0.854. The molecular formula is C17H19ClN2O2. The molecule has 3 N–H and O–H groups in total. The summed E-state index contributed by atoms with van der Waals surface area (Å²) in [5.41, 5.74) is 9.42. The molecule has 1 fully saturated rings. The van der Waals surface area contributed by atoms with Crippen molar-refractivity contribution >= 4 is 23.0 Å². The van der Waals surface area contributed by atoms with Gasteiger partial charge >= 0.3 is 0 Å². The summed E-state index contributed by atoms with van der Waals surface area (Å²) in [7, 11) is 0. The van der Waals surface area contributed by atoms with Crippen LogP contribution in [0, 0.1) is 0 Å². The zero-order chi connectivity index (χ0) is 15.5. The van der Waals surface area contributed by atoms with Crippen LogP contribution >= 0.6 is 11.6 Å².